The van der Waals surface area contributed by atoms with E-state index in [0.717, 1.165) is 0 Å². The largest absolute Gasteiger partial charge is 0.382 e. The van der Waals surface area contributed by atoms with Crippen LogP contribution in [-0.2, 0) is 16.9 Å². The van der Waals surface area contributed by atoms with Gasteiger partial charge in [0.15, 0.2) is 9.84 Å². The third kappa shape index (κ3) is 4.69. The van der Waals surface area contributed by atoms with Crippen LogP contribution < -0.4 is 10.9 Å². The van der Waals surface area contributed by atoms with Gasteiger partial charge in [0.1, 0.15) is 0 Å². The minimum absolute atomic E-state index is 0.0246. The number of aryl methyl sites for hydroxylation is 2. The van der Waals surface area contributed by atoms with Gasteiger partial charge >= 0.3 is 0 Å². The van der Waals surface area contributed by atoms with E-state index in [1.807, 2.05) is 0 Å². The number of anilines is 1. The molecule has 1 aromatic carbocycles. The van der Waals surface area contributed by atoms with Gasteiger partial charge < -0.3 is 9.88 Å². The number of benzene rings is 1. The predicted molar refractivity (Wildman–Crippen MR) is 110 cm³/mol. The SMILES string of the molecule is CCS(=O)(=O)c1ccc(NC2CCC(F)(F)CC2)c(-c2cc(C)c(=O)n(C)c2)c1. The van der Waals surface area contributed by atoms with Crippen LogP contribution in [0.1, 0.15) is 38.2 Å². The van der Waals surface area contributed by atoms with E-state index in [-0.39, 0.29) is 35.1 Å². The van der Waals surface area contributed by atoms with Crippen molar-refractivity contribution >= 4 is 15.5 Å². The quantitative estimate of drug-likeness (QED) is 0.783. The molecule has 0 bridgehead atoms. The zero-order chi connectivity index (χ0) is 21.4. The molecule has 0 aliphatic heterocycles. The Morgan fingerprint density at radius 1 is 1.21 bits per heavy atom. The lowest BCUT2D eigenvalue weighted by Crippen LogP contribution is -2.32. The molecule has 2 aromatic rings. The molecule has 0 unspecified atom stereocenters. The number of hydrogen-bond acceptors (Lipinski definition) is 4. The van der Waals surface area contributed by atoms with Crippen LogP contribution in [0.2, 0.25) is 0 Å². The summed E-state index contributed by atoms with van der Waals surface area (Å²) in [6.45, 7) is 3.29. The summed E-state index contributed by atoms with van der Waals surface area (Å²) in [4.78, 5) is 12.3. The first-order chi connectivity index (χ1) is 13.5. The fourth-order valence-electron chi connectivity index (χ4n) is 3.68. The molecular weight excluding hydrogens is 398 g/mol. The number of nitrogens with one attached hydrogen (secondary N) is 1. The van der Waals surface area contributed by atoms with E-state index in [1.165, 1.54) is 10.6 Å². The molecule has 158 valence electrons. The van der Waals surface area contributed by atoms with Crippen molar-refractivity contribution in [3.05, 3.63) is 46.4 Å². The number of pyridine rings is 1. The molecule has 0 amide bonds. The van der Waals surface area contributed by atoms with E-state index in [1.54, 1.807) is 45.3 Å². The molecule has 1 heterocycles. The molecule has 29 heavy (non-hydrogen) atoms. The first-order valence-corrected chi connectivity index (χ1v) is 11.4. The van der Waals surface area contributed by atoms with Crippen molar-refractivity contribution in [2.45, 2.75) is 56.4 Å². The summed E-state index contributed by atoms with van der Waals surface area (Å²) in [5, 5.41) is 3.32. The molecule has 8 heteroatoms. The predicted octanol–water partition coefficient (Wildman–Crippen LogP) is 4.14. The summed E-state index contributed by atoms with van der Waals surface area (Å²) in [6.07, 6.45) is 2.01. The van der Waals surface area contributed by atoms with Crippen LogP contribution in [0.3, 0.4) is 0 Å². The Hall–Kier alpha value is -2.22. The molecule has 0 radical (unpaired) electrons. The lowest BCUT2D eigenvalue weighted by molar-refractivity contribution is -0.0360. The smallest absolute Gasteiger partial charge is 0.253 e. The molecular formula is C21H26F2N2O3S. The van der Waals surface area contributed by atoms with Crippen molar-refractivity contribution in [1.29, 1.82) is 0 Å². The standard InChI is InChI=1S/C21H26F2N2O3S/c1-4-29(27,28)17-5-6-19(24-16-7-9-21(22,23)10-8-16)18(12-17)15-11-14(2)20(26)25(3)13-15/h5-6,11-13,16,24H,4,7-10H2,1-3H3. The maximum Gasteiger partial charge on any atom is 0.253 e. The van der Waals surface area contributed by atoms with Gasteiger partial charge in [0.2, 0.25) is 5.92 Å². The van der Waals surface area contributed by atoms with Gasteiger partial charge in [-0.1, -0.05) is 6.92 Å². The highest BCUT2D eigenvalue weighted by Crippen LogP contribution is 2.37. The summed E-state index contributed by atoms with van der Waals surface area (Å²) >= 11 is 0. The second-order valence-corrected chi connectivity index (χ2v) is 9.99. The highest BCUT2D eigenvalue weighted by atomic mass is 32.2. The van der Waals surface area contributed by atoms with Crippen LogP contribution >= 0.6 is 0 Å². The number of nitrogens with zero attached hydrogens (tertiary/aromatic N) is 1. The van der Waals surface area contributed by atoms with E-state index in [2.05, 4.69) is 5.32 Å². The monoisotopic (exact) mass is 424 g/mol. The number of aromatic nitrogens is 1. The van der Waals surface area contributed by atoms with E-state index >= 15 is 0 Å². The summed E-state index contributed by atoms with van der Waals surface area (Å²) in [6, 6.07) is 6.43. The Balaban J connectivity index is 2.05. The van der Waals surface area contributed by atoms with Gasteiger partial charge in [-0.15, -0.1) is 0 Å². The number of halogens is 2. The average Bonchev–Trinajstić information content (AvgIpc) is 2.67. The van der Waals surface area contributed by atoms with E-state index in [9.17, 15) is 22.0 Å². The van der Waals surface area contributed by atoms with Crippen LogP contribution in [0.5, 0.6) is 0 Å². The molecule has 1 aromatic heterocycles. The van der Waals surface area contributed by atoms with Crippen LogP contribution in [0.4, 0.5) is 14.5 Å². The number of sulfone groups is 1. The molecule has 1 aliphatic rings. The Bertz CT molecular complexity index is 1040. The molecule has 0 saturated heterocycles. The van der Waals surface area contributed by atoms with Crippen molar-refractivity contribution in [3.8, 4) is 11.1 Å². The van der Waals surface area contributed by atoms with E-state index in [0.29, 0.717) is 35.2 Å². The van der Waals surface area contributed by atoms with Crippen LogP contribution in [0, 0.1) is 6.92 Å². The second-order valence-electron chi connectivity index (χ2n) is 7.71. The summed E-state index contributed by atoms with van der Waals surface area (Å²) in [5.41, 5.74) is 2.41. The minimum atomic E-state index is -3.42. The van der Waals surface area contributed by atoms with Gasteiger partial charge in [0.25, 0.3) is 5.56 Å². The normalized spacial score (nSPS) is 17.3. The zero-order valence-electron chi connectivity index (χ0n) is 16.8. The molecule has 5 nitrogen and oxygen atoms in total. The van der Waals surface area contributed by atoms with E-state index < -0.39 is 15.8 Å². The third-order valence-electron chi connectivity index (χ3n) is 5.48. The van der Waals surface area contributed by atoms with Gasteiger partial charge in [-0.2, -0.15) is 0 Å². The maximum atomic E-state index is 13.5. The van der Waals surface area contributed by atoms with Gasteiger partial charge in [-0.05, 0) is 44.0 Å². The Morgan fingerprint density at radius 3 is 2.45 bits per heavy atom. The lowest BCUT2D eigenvalue weighted by atomic mass is 9.91. The summed E-state index contributed by atoms with van der Waals surface area (Å²) in [7, 11) is -1.78. The van der Waals surface area contributed by atoms with Gasteiger partial charge in [0.05, 0.1) is 10.6 Å². The Morgan fingerprint density at radius 2 is 1.86 bits per heavy atom. The maximum absolute atomic E-state index is 13.5. The Kier molecular flexibility index (Phi) is 5.85. The van der Waals surface area contributed by atoms with E-state index in [4.69, 9.17) is 0 Å². The lowest BCUT2D eigenvalue weighted by Gasteiger charge is -2.30. The topological polar surface area (TPSA) is 68.2 Å². The van der Waals surface area contributed by atoms with Crippen LogP contribution in [0.15, 0.2) is 40.2 Å². The minimum Gasteiger partial charge on any atom is -0.382 e. The molecule has 1 N–H and O–H groups in total. The second kappa shape index (κ2) is 7.89. The van der Waals surface area contributed by atoms with Gasteiger partial charge in [-0.25, -0.2) is 17.2 Å². The Labute approximate surface area is 169 Å². The summed E-state index contributed by atoms with van der Waals surface area (Å²) in [5.74, 6) is -2.64. The van der Waals surface area contributed by atoms with Crippen molar-refractivity contribution in [3.63, 3.8) is 0 Å². The van der Waals surface area contributed by atoms with Gasteiger partial charge in [0, 0.05) is 54.5 Å². The molecule has 1 fully saturated rings. The average molecular weight is 425 g/mol. The van der Waals surface area contributed by atoms with Gasteiger partial charge in [-0.3, -0.25) is 4.79 Å². The fourth-order valence-corrected chi connectivity index (χ4v) is 4.58. The number of hydrogen-bond donors (Lipinski definition) is 1. The van der Waals surface area contributed by atoms with Crippen LogP contribution in [-0.4, -0.2) is 30.7 Å². The third-order valence-corrected chi connectivity index (χ3v) is 7.21. The molecule has 0 spiro atoms. The molecule has 3 rings (SSSR count). The molecule has 0 atom stereocenters. The molecule has 1 aliphatic carbocycles. The first-order valence-electron chi connectivity index (χ1n) is 9.71. The van der Waals surface area contributed by atoms with Crippen molar-refractivity contribution < 1.29 is 17.2 Å². The number of alkyl halides is 2. The first kappa shape index (κ1) is 21.5. The highest BCUT2D eigenvalue weighted by molar-refractivity contribution is 7.91. The molecule has 1 saturated carbocycles. The van der Waals surface area contributed by atoms with Crippen molar-refractivity contribution in [1.82, 2.24) is 4.57 Å². The highest BCUT2D eigenvalue weighted by Gasteiger charge is 2.35. The van der Waals surface area contributed by atoms with Crippen molar-refractivity contribution in [2.24, 2.45) is 7.05 Å². The van der Waals surface area contributed by atoms with Crippen LogP contribution in [0.25, 0.3) is 11.1 Å². The van der Waals surface area contributed by atoms with Crippen molar-refractivity contribution in [2.75, 3.05) is 11.1 Å². The zero-order valence-corrected chi connectivity index (χ0v) is 17.7. The summed E-state index contributed by atoms with van der Waals surface area (Å²) < 4.78 is 53.2. The number of rotatable bonds is 5. The fraction of sp³-hybridized carbons (Fsp3) is 0.476.